The normalized spacial score (nSPS) is 41.5. The number of carbonyl (C=O) groups is 2. The first-order valence-corrected chi connectivity index (χ1v) is 13.2. The Balaban J connectivity index is 1.75. The summed E-state index contributed by atoms with van der Waals surface area (Å²) in [5.41, 5.74) is 0.397. The Morgan fingerprint density at radius 1 is 1.17 bits per heavy atom. The van der Waals surface area contributed by atoms with Crippen molar-refractivity contribution < 1.29 is 24.9 Å². The molecule has 0 radical (unpaired) electrons. The van der Waals surface area contributed by atoms with E-state index in [2.05, 4.69) is 46.8 Å². The second-order valence-electron chi connectivity index (χ2n) is 13.6. The molecule has 0 aromatic rings. The molecule has 2 saturated carbocycles. The van der Waals surface area contributed by atoms with Gasteiger partial charge in [0.05, 0.1) is 17.6 Å². The standard InChI is InChI=1S/C30H44O5/c1-26(2,35)14-8-9-18(25(33)34)24-21(31)17-30(7)20-10-11-22-27(3,4)23(32)13-15-28(22,5)19(20)12-16-29(24,30)6/h8,10,12,14,18,21-22,24,31,35H,9,11,13,15-17H2,1-7H3,(H,33,34)/b14-8+/t18-,21-,22+,24+,28-,29-,30+/m1/s1. The molecule has 0 unspecified atom stereocenters. The smallest absolute Gasteiger partial charge is 0.307 e. The molecule has 3 N–H and O–H groups in total. The van der Waals surface area contributed by atoms with Crippen molar-refractivity contribution in [1.29, 1.82) is 0 Å². The first-order valence-electron chi connectivity index (χ1n) is 13.2. The maximum Gasteiger partial charge on any atom is 0.307 e. The second-order valence-corrected chi connectivity index (χ2v) is 13.6. The zero-order valence-corrected chi connectivity index (χ0v) is 22.5. The summed E-state index contributed by atoms with van der Waals surface area (Å²) >= 11 is 0. The van der Waals surface area contributed by atoms with Crippen molar-refractivity contribution in [3.05, 3.63) is 35.5 Å². The number of rotatable bonds is 5. The van der Waals surface area contributed by atoms with Crippen LogP contribution in [0.2, 0.25) is 0 Å². The van der Waals surface area contributed by atoms with Crippen LogP contribution < -0.4 is 0 Å². The van der Waals surface area contributed by atoms with Crippen molar-refractivity contribution in [2.75, 3.05) is 0 Å². The lowest BCUT2D eigenvalue weighted by atomic mass is 9.44. The lowest BCUT2D eigenvalue weighted by molar-refractivity contribution is -0.148. The fraction of sp³-hybridized carbons (Fsp3) is 0.733. The molecule has 0 aliphatic heterocycles. The first-order chi connectivity index (χ1) is 16.0. The van der Waals surface area contributed by atoms with Gasteiger partial charge in [0.1, 0.15) is 5.78 Å². The minimum atomic E-state index is -1.01. The molecule has 0 heterocycles. The van der Waals surface area contributed by atoms with Crippen LogP contribution in [-0.2, 0) is 9.59 Å². The van der Waals surface area contributed by atoms with E-state index in [4.69, 9.17) is 0 Å². The van der Waals surface area contributed by atoms with E-state index in [1.165, 1.54) is 11.1 Å². The van der Waals surface area contributed by atoms with Crippen molar-refractivity contribution >= 4 is 11.8 Å². The van der Waals surface area contributed by atoms with Crippen LogP contribution in [0.4, 0.5) is 0 Å². The molecular weight excluding hydrogens is 440 g/mol. The van der Waals surface area contributed by atoms with Crippen LogP contribution in [0.25, 0.3) is 0 Å². The summed E-state index contributed by atoms with van der Waals surface area (Å²) in [7, 11) is 0. The molecule has 0 bridgehead atoms. The van der Waals surface area contributed by atoms with Gasteiger partial charge in [0.15, 0.2) is 0 Å². The zero-order chi connectivity index (χ0) is 26.2. The molecular formula is C30H44O5. The van der Waals surface area contributed by atoms with Gasteiger partial charge in [-0.15, -0.1) is 0 Å². The Labute approximate surface area is 210 Å². The van der Waals surface area contributed by atoms with Gasteiger partial charge < -0.3 is 15.3 Å². The summed E-state index contributed by atoms with van der Waals surface area (Å²) in [5, 5.41) is 31.7. The Hall–Kier alpha value is -1.72. The van der Waals surface area contributed by atoms with Crippen molar-refractivity contribution in [3.8, 4) is 0 Å². The number of aliphatic hydroxyl groups is 2. The minimum Gasteiger partial charge on any atom is -0.481 e. The number of aliphatic hydroxyl groups excluding tert-OH is 1. The molecule has 0 aromatic heterocycles. The Morgan fingerprint density at radius 2 is 1.83 bits per heavy atom. The third-order valence-electron chi connectivity index (χ3n) is 10.7. The van der Waals surface area contributed by atoms with Gasteiger partial charge in [-0.3, -0.25) is 9.59 Å². The van der Waals surface area contributed by atoms with Gasteiger partial charge in [0, 0.05) is 23.2 Å². The predicted molar refractivity (Wildman–Crippen MR) is 137 cm³/mol. The quantitative estimate of drug-likeness (QED) is 0.450. The van der Waals surface area contributed by atoms with Crippen molar-refractivity contribution in [3.63, 3.8) is 0 Å². The number of aliphatic carboxylic acids is 1. The number of carboxylic acid groups (broad SMARTS) is 1. The van der Waals surface area contributed by atoms with Crippen LogP contribution in [-0.4, -0.2) is 38.8 Å². The van der Waals surface area contributed by atoms with E-state index in [0.717, 1.165) is 12.8 Å². The summed E-state index contributed by atoms with van der Waals surface area (Å²) in [6.07, 6.45) is 11.1. The highest BCUT2D eigenvalue weighted by Gasteiger charge is 2.66. The summed E-state index contributed by atoms with van der Waals surface area (Å²) in [5.74, 6) is -1.43. The number of hydrogen-bond donors (Lipinski definition) is 3. The molecule has 4 rings (SSSR count). The van der Waals surface area contributed by atoms with Gasteiger partial charge in [-0.25, -0.2) is 0 Å². The summed E-state index contributed by atoms with van der Waals surface area (Å²) in [6, 6.07) is 0. The molecule has 7 atom stereocenters. The summed E-state index contributed by atoms with van der Waals surface area (Å²) < 4.78 is 0. The SMILES string of the molecule is CC(C)(O)/C=C/C[C@@H](C(=O)O)[C@H]1[C@H](O)C[C@@]2(C)C3=CC[C@H]4C(C)(C)C(=O)CC[C@]4(C)C3=CC[C@]12C. The van der Waals surface area contributed by atoms with E-state index < -0.39 is 34.9 Å². The topological polar surface area (TPSA) is 94.8 Å². The van der Waals surface area contributed by atoms with E-state index >= 15 is 0 Å². The maximum atomic E-state index is 12.8. The van der Waals surface area contributed by atoms with Crippen LogP contribution in [0.5, 0.6) is 0 Å². The third kappa shape index (κ3) is 3.80. The van der Waals surface area contributed by atoms with Gasteiger partial charge in [-0.2, -0.15) is 0 Å². The van der Waals surface area contributed by atoms with Gasteiger partial charge in [-0.1, -0.05) is 58.9 Å². The fourth-order valence-corrected chi connectivity index (χ4v) is 8.54. The lowest BCUT2D eigenvalue weighted by Gasteiger charge is -2.59. The average molecular weight is 485 g/mol. The van der Waals surface area contributed by atoms with Gasteiger partial charge in [0.2, 0.25) is 0 Å². The lowest BCUT2D eigenvalue weighted by Crippen LogP contribution is -2.53. The van der Waals surface area contributed by atoms with E-state index in [1.807, 2.05) is 0 Å². The van der Waals surface area contributed by atoms with Crippen LogP contribution in [0.15, 0.2) is 35.5 Å². The molecule has 35 heavy (non-hydrogen) atoms. The number of fused-ring (bicyclic) bond motifs is 5. The van der Waals surface area contributed by atoms with Crippen LogP contribution >= 0.6 is 0 Å². The largest absolute Gasteiger partial charge is 0.481 e. The molecule has 0 aromatic carbocycles. The molecule has 5 nitrogen and oxygen atoms in total. The summed E-state index contributed by atoms with van der Waals surface area (Å²) in [6.45, 7) is 14.2. The highest BCUT2D eigenvalue weighted by molar-refractivity contribution is 5.86. The molecule has 2 fully saturated rings. The van der Waals surface area contributed by atoms with Crippen LogP contribution in [0.1, 0.15) is 87.0 Å². The number of ketones is 1. The molecule has 0 saturated heterocycles. The Morgan fingerprint density at radius 3 is 2.43 bits per heavy atom. The highest BCUT2D eigenvalue weighted by Crippen LogP contribution is 2.71. The number of carboxylic acids is 1. The van der Waals surface area contributed by atoms with Gasteiger partial charge in [-0.05, 0) is 73.8 Å². The number of carbonyl (C=O) groups excluding carboxylic acids is 1. The monoisotopic (exact) mass is 484 g/mol. The predicted octanol–water partition coefficient (Wildman–Crippen LogP) is 5.47. The van der Waals surface area contributed by atoms with Crippen LogP contribution in [0.3, 0.4) is 0 Å². The first kappa shape index (κ1) is 26.3. The third-order valence-corrected chi connectivity index (χ3v) is 10.7. The summed E-state index contributed by atoms with van der Waals surface area (Å²) in [4.78, 5) is 25.3. The van der Waals surface area contributed by atoms with Gasteiger partial charge >= 0.3 is 5.97 Å². The highest BCUT2D eigenvalue weighted by atomic mass is 16.4. The van der Waals surface area contributed by atoms with E-state index in [-0.39, 0.29) is 28.6 Å². The molecule has 0 amide bonds. The van der Waals surface area contributed by atoms with Crippen LogP contribution in [0, 0.1) is 39.4 Å². The maximum absolute atomic E-state index is 12.8. The van der Waals surface area contributed by atoms with E-state index in [1.54, 1.807) is 26.0 Å². The van der Waals surface area contributed by atoms with Crippen molar-refractivity contribution in [2.45, 2.75) is 98.7 Å². The molecule has 4 aliphatic carbocycles. The Kier molecular flexibility index (Phi) is 6.13. The van der Waals surface area contributed by atoms with E-state index in [0.29, 0.717) is 25.0 Å². The zero-order valence-electron chi connectivity index (χ0n) is 22.5. The molecule has 5 heteroatoms. The number of Topliss-reactive ketones (excluding diaryl/α,β-unsaturated/α-hetero) is 1. The molecule has 194 valence electrons. The van der Waals surface area contributed by atoms with Crippen molar-refractivity contribution in [1.82, 2.24) is 0 Å². The van der Waals surface area contributed by atoms with Gasteiger partial charge in [0.25, 0.3) is 0 Å². The Bertz CT molecular complexity index is 1010. The average Bonchev–Trinajstić information content (AvgIpc) is 2.93. The molecule has 4 aliphatic rings. The number of allylic oxidation sites excluding steroid dienone is 5. The minimum absolute atomic E-state index is 0.0868. The second kappa shape index (κ2) is 8.14. The number of hydrogen-bond acceptors (Lipinski definition) is 4. The van der Waals surface area contributed by atoms with E-state index in [9.17, 15) is 24.9 Å². The van der Waals surface area contributed by atoms with Crippen molar-refractivity contribution in [2.24, 2.45) is 39.4 Å². The molecule has 0 spiro atoms. The fourth-order valence-electron chi connectivity index (χ4n) is 8.54.